The number of nitrogens with one attached hydrogen (secondary N) is 2. The third-order valence-electron chi connectivity index (χ3n) is 7.33. The number of fused-ring (bicyclic) bond motifs is 1. The van der Waals surface area contributed by atoms with Crippen molar-refractivity contribution in [1.29, 1.82) is 0 Å². The molecule has 0 bridgehead atoms. The molecule has 38 heavy (non-hydrogen) atoms. The van der Waals surface area contributed by atoms with Gasteiger partial charge in [-0.05, 0) is 67.4 Å². The number of likely N-dealkylation sites (tertiary alicyclic amines) is 1. The van der Waals surface area contributed by atoms with Crippen molar-refractivity contribution in [3.8, 4) is 22.8 Å². The highest BCUT2D eigenvalue weighted by atomic mass is 31.2. The fourth-order valence-electron chi connectivity index (χ4n) is 5.44. The van der Waals surface area contributed by atoms with Gasteiger partial charge < -0.3 is 29.1 Å². The molecule has 2 aromatic carbocycles. The predicted molar refractivity (Wildman–Crippen MR) is 152 cm³/mol. The monoisotopic (exact) mass is 532 g/mol. The van der Waals surface area contributed by atoms with Crippen LogP contribution in [0.25, 0.3) is 22.3 Å². The van der Waals surface area contributed by atoms with Crippen LogP contribution in [-0.4, -0.2) is 74.8 Å². The van der Waals surface area contributed by atoms with Gasteiger partial charge in [-0.3, -0.25) is 4.90 Å². The van der Waals surface area contributed by atoms with Crippen LogP contribution in [0.3, 0.4) is 0 Å². The molecule has 1 spiro atoms. The summed E-state index contributed by atoms with van der Waals surface area (Å²) in [6.07, 6.45) is 1.76. The van der Waals surface area contributed by atoms with E-state index in [1.807, 2.05) is 36.4 Å². The third kappa shape index (κ3) is 4.80. The van der Waals surface area contributed by atoms with E-state index in [4.69, 9.17) is 14.2 Å². The van der Waals surface area contributed by atoms with Crippen molar-refractivity contribution in [1.82, 2.24) is 14.9 Å². The van der Waals surface area contributed by atoms with E-state index < -0.39 is 7.14 Å². The second kappa shape index (κ2) is 9.77. The molecule has 4 aromatic rings. The number of methoxy groups -OCH3 is 1. The van der Waals surface area contributed by atoms with Gasteiger partial charge in [0.1, 0.15) is 30.9 Å². The van der Waals surface area contributed by atoms with E-state index in [0.717, 1.165) is 72.3 Å². The number of aromatic amines is 1. The van der Waals surface area contributed by atoms with Crippen LogP contribution in [0.1, 0.15) is 0 Å². The topological polar surface area (TPSA) is 88.7 Å². The number of pyridine rings is 1. The summed E-state index contributed by atoms with van der Waals surface area (Å²) >= 11 is 0. The molecule has 0 amide bonds. The summed E-state index contributed by atoms with van der Waals surface area (Å²) in [7, 11) is -1.00. The van der Waals surface area contributed by atoms with Crippen molar-refractivity contribution >= 4 is 34.9 Å². The molecule has 198 valence electrons. The number of aromatic nitrogens is 2. The number of anilines is 2. The van der Waals surface area contributed by atoms with Gasteiger partial charge in [-0.2, -0.15) is 0 Å². The molecule has 6 rings (SSSR count). The molecule has 9 heteroatoms. The molecule has 0 unspecified atom stereocenters. The van der Waals surface area contributed by atoms with E-state index in [1.54, 1.807) is 26.6 Å². The highest BCUT2D eigenvalue weighted by Crippen LogP contribution is 2.43. The molecule has 2 fully saturated rings. The van der Waals surface area contributed by atoms with Gasteiger partial charge in [0, 0.05) is 42.3 Å². The Bertz CT molecular complexity index is 1500. The quantitative estimate of drug-likeness (QED) is 0.295. The lowest BCUT2D eigenvalue weighted by atomic mass is 9.78. The lowest BCUT2D eigenvalue weighted by Gasteiger charge is -2.55. The summed E-state index contributed by atoms with van der Waals surface area (Å²) in [5.74, 6) is 1.48. The van der Waals surface area contributed by atoms with E-state index in [0.29, 0.717) is 23.1 Å². The number of hydrogen-bond donors (Lipinski definition) is 2. The van der Waals surface area contributed by atoms with E-state index >= 15 is 0 Å². The summed E-state index contributed by atoms with van der Waals surface area (Å²) < 4.78 is 29.9. The van der Waals surface area contributed by atoms with Crippen LogP contribution in [0.5, 0.6) is 11.5 Å². The van der Waals surface area contributed by atoms with Gasteiger partial charge in [-0.25, -0.2) is 4.98 Å². The fraction of sp³-hybridized carbons (Fsp3) is 0.345. The molecule has 0 saturated carbocycles. The van der Waals surface area contributed by atoms with Crippen molar-refractivity contribution in [3.05, 3.63) is 60.8 Å². The first-order valence-corrected chi connectivity index (χ1v) is 15.4. The van der Waals surface area contributed by atoms with E-state index in [2.05, 4.69) is 38.4 Å². The summed E-state index contributed by atoms with van der Waals surface area (Å²) in [5, 5.41) is 5.13. The number of hydrogen-bond acceptors (Lipinski definition) is 7. The van der Waals surface area contributed by atoms with Crippen LogP contribution >= 0.6 is 7.14 Å². The van der Waals surface area contributed by atoms with Gasteiger partial charge in [0.2, 0.25) is 0 Å². The minimum absolute atomic E-state index is 0.440. The van der Waals surface area contributed by atoms with Crippen molar-refractivity contribution in [3.63, 3.8) is 0 Å². The number of ether oxygens (including phenoxy) is 3. The Labute approximate surface area is 222 Å². The van der Waals surface area contributed by atoms with Gasteiger partial charge in [0.05, 0.1) is 37.0 Å². The van der Waals surface area contributed by atoms with Crippen molar-refractivity contribution in [2.24, 2.45) is 5.41 Å². The van der Waals surface area contributed by atoms with E-state index in [-0.39, 0.29) is 0 Å². The van der Waals surface area contributed by atoms with Gasteiger partial charge in [-0.1, -0.05) is 6.07 Å². The van der Waals surface area contributed by atoms with Crippen molar-refractivity contribution < 1.29 is 18.8 Å². The molecular weight excluding hydrogens is 499 g/mol. The maximum Gasteiger partial charge on any atom is 0.139 e. The largest absolute Gasteiger partial charge is 0.496 e. The maximum absolute atomic E-state index is 13.1. The van der Waals surface area contributed by atoms with Crippen LogP contribution in [0.4, 0.5) is 11.4 Å². The molecule has 0 aliphatic carbocycles. The highest BCUT2D eigenvalue weighted by molar-refractivity contribution is 7.70. The zero-order valence-corrected chi connectivity index (χ0v) is 22.9. The second-order valence-electron chi connectivity index (χ2n) is 10.7. The van der Waals surface area contributed by atoms with Crippen molar-refractivity contribution in [2.75, 3.05) is 65.2 Å². The van der Waals surface area contributed by atoms with E-state index in [9.17, 15) is 4.57 Å². The molecule has 2 saturated heterocycles. The number of benzene rings is 2. The molecule has 4 heterocycles. The van der Waals surface area contributed by atoms with Crippen molar-refractivity contribution in [2.45, 2.75) is 0 Å². The Kier molecular flexibility index (Phi) is 6.42. The zero-order valence-electron chi connectivity index (χ0n) is 22.0. The van der Waals surface area contributed by atoms with Gasteiger partial charge in [-0.15, -0.1) is 0 Å². The zero-order chi connectivity index (χ0) is 26.3. The van der Waals surface area contributed by atoms with Crippen LogP contribution in [0.15, 0.2) is 60.8 Å². The lowest BCUT2D eigenvalue weighted by molar-refractivity contribution is -0.189. The average Bonchev–Trinajstić information content (AvgIpc) is 3.29. The molecule has 2 N–H and O–H groups in total. The summed E-state index contributed by atoms with van der Waals surface area (Å²) in [4.78, 5) is 10.4. The number of nitrogens with zero attached hydrogens (tertiary/aromatic N) is 2. The summed E-state index contributed by atoms with van der Waals surface area (Å²) in [5.41, 5.74) is 4.87. The normalized spacial score (nSPS) is 16.7. The number of H-pyrrole nitrogens is 1. The SMILES string of the molecule is COc1cccc(Nc2ccnc3[nH]c(-c4ccc(OCCN5CC6(COC6)C5)cc4)cc23)c1P(C)(C)=O. The first kappa shape index (κ1) is 25.0. The minimum Gasteiger partial charge on any atom is -0.496 e. The van der Waals surface area contributed by atoms with Crippen LogP contribution in [0, 0.1) is 5.41 Å². The smallest absolute Gasteiger partial charge is 0.139 e. The van der Waals surface area contributed by atoms with Crippen LogP contribution < -0.4 is 20.1 Å². The van der Waals surface area contributed by atoms with Gasteiger partial charge in [0.25, 0.3) is 0 Å². The minimum atomic E-state index is -2.60. The standard InChI is InChI=1S/C29H33N4O4P/c1-35-26-6-4-5-24(27(26)38(2,3)34)31-23-11-12-30-28-22(23)15-25(32-28)20-7-9-21(10-8-20)37-14-13-33-16-29(17-33)18-36-19-29/h4-12,15H,13-14,16-19H2,1-3H3,(H2,30,31,32). The molecule has 2 aliphatic rings. The Hall–Kier alpha value is -3.32. The Morgan fingerprint density at radius 2 is 1.89 bits per heavy atom. The van der Waals surface area contributed by atoms with Crippen LogP contribution in [-0.2, 0) is 9.30 Å². The molecule has 8 nitrogen and oxygen atoms in total. The van der Waals surface area contributed by atoms with Gasteiger partial charge >= 0.3 is 0 Å². The Balaban J connectivity index is 1.17. The Morgan fingerprint density at radius 1 is 1.11 bits per heavy atom. The Morgan fingerprint density at radius 3 is 2.58 bits per heavy atom. The first-order valence-electron chi connectivity index (χ1n) is 12.8. The molecule has 0 atom stereocenters. The molecule has 2 aliphatic heterocycles. The molecule has 2 aromatic heterocycles. The second-order valence-corrected chi connectivity index (χ2v) is 13.9. The van der Waals surface area contributed by atoms with Crippen LogP contribution in [0.2, 0.25) is 0 Å². The van der Waals surface area contributed by atoms with E-state index in [1.165, 1.54) is 0 Å². The van der Waals surface area contributed by atoms with Gasteiger partial charge in [0.15, 0.2) is 0 Å². The predicted octanol–water partition coefficient (Wildman–Crippen LogP) is 4.94. The lowest BCUT2D eigenvalue weighted by Crippen LogP contribution is -2.66. The molecular formula is C29H33N4O4P. The molecule has 0 radical (unpaired) electrons. The third-order valence-corrected chi connectivity index (χ3v) is 8.87. The first-order chi connectivity index (χ1) is 18.3. The summed E-state index contributed by atoms with van der Waals surface area (Å²) in [6, 6.07) is 17.8. The highest BCUT2D eigenvalue weighted by Gasteiger charge is 2.48. The fourth-order valence-corrected chi connectivity index (χ4v) is 6.84. The average molecular weight is 533 g/mol. The maximum atomic E-state index is 13.1. The summed E-state index contributed by atoms with van der Waals surface area (Å²) in [6.45, 7) is 9.19. The number of rotatable bonds is 9.